The normalized spacial score (nSPS) is 22.2. The van der Waals surface area contributed by atoms with E-state index in [1.807, 2.05) is 0 Å². The Morgan fingerprint density at radius 3 is 2.65 bits per heavy atom. The first kappa shape index (κ1) is 14.4. The van der Waals surface area contributed by atoms with Crippen LogP contribution in [-0.2, 0) is 14.8 Å². The highest BCUT2D eigenvalue weighted by molar-refractivity contribution is 7.89. The number of likely N-dealkylation sites (tertiary alicyclic amines) is 1. The van der Waals surface area contributed by atoms with Crippen LogP contribution in [0.4, 0.5) is 0 Å². The topological polar surface area (TPSA) is 69.7 Å². The minimum Gasteiger partial charge on any atom is -0.340 e. The number of nitrogens with zero attached hydrogens (tertiary/aromatic N) is 2. The van der Waals surface area contributed by atoms with Crippen molar-refractivity contribution in [2.24, 2.45) is 0 Å². The molecule has 0 saturated carbocycles. The number of rotatable bonds is 5. The Labute approximate surface area is 103 Å². The Hall–Kier alpha value is -0.660. The summed E-state index contributed by atoms with van der Waals surface area (Å²) in [6, 6.07) is -0.161. The number of carbonyl (C=O) groups excluding carboxylic acids is 1. The summed E-state index contributed by atoms with van der Waals surface area (Å²) in [7, 11) is 1.53. The summed E-state index contributed by atoms with van der Waals surface area (Å²) in [5.41, 5.74) is 0. The summed E-state index contributed by atoms with van der Waals surface area (Å²) >= 11 is 0. The fourth-order valence-corrected chi connectivity index (χ4v) is 2.65. The maximum Gasteiger partial charge on any atom is 0.239 e. The Balaban J connectivity index is 2.55. The lowest BCUT2D eigenvalue weighted by Crippen LogP contribution is -2.51. The summed E-state index contributed by atoms with van der Waals surface area (Å²) in [6.45, 7) is 0.928. The van der Waals surface area contributed by atoms with E-state index in [0.717, 1.165) is 12.8 Å². The van der Waals surface area contributed by atoms with E-state index < -0.39 is 10.0 Å². The molecule has 1 saturated heterocycles. The number of piperidine rings is 1. The first-order chi connectivity index (χ1) is 7.88. The number of carbonyl (C=O) groups is 1. The van der Waals surface area contributed by atoms with Crippen LogP contribution >= 0.6 is 0 Å². The summed E-state index contributed by atoms with van der Waals surface area (Å²) in [4.78, 5) is 13.5. The molecule has 0 spiro atoms. The first-order valence-corrected chi connectivity index (χ1v) is 7.35. The van der Waals surface area contributed by atoms with Gasteiger partial charge < -0.3 is 10.2 Å². The van der Waals surface area contributed by atoms with Crippen molar-refractivity contribution in [1.82, 2.24) is 14.5 Å². The molecule has 17 heavy (non-hydrogen) atoms. The van der Waals surface area contributed by atoms with Crippen LogP contribution in [0.25, 0.3) is 0 Å². The van der Waals surface area contributed by atoms with Crippen molar-refractivity contribution in [1.29, 1.82) is 0 Å². The molecule has 1 N–H and O–H groups in total. The molecule has 7 heteroatoms. The highest BCUT2D eigenvalue weighted by Crippen LogP contribution is 2.11. The first-order valence-electron chi connectivity index (χ1n) is 5.74. The van der Waals surface area contributed by atoms with Crippen molar-refractivity contribution in [3.63, 3.8) is 0 Å². The Kier molecular flexibility index (Phi) is 4.91. The zero-order valence-corrected chi connectivity index (χ0v) is 11.5. The SMILES string of the molecule is CNC1CCCN(CCS(=O)(=O)N(C)C)C1=O. The minimum absolute atomic E-state index is 0.00714. The monoisotopic (exact) mass is 263 g/mol. The summed E-state index contributed by atoms with van der Waals surface area (Å²) in [6.07, 6.45) is 1.74. The van der Waals surface area contributed by atoms with Gasteiger partial charge in [-0.25, -0.2) is 12.7 Å². The average molecular weight is 263 g/mol. The molecule has 1 amide bonds. The molecule has 1 heterocycles. The Bertz CT molecular complexity index is 367. The van der Waals surface area contributed by atoms with Gasteiger partial charge in [-0.1, -0.05) is 0 Å². The van der Waals surface area contributed by atoms with Gasteiger partial charge in [0.1, 0.15) is 0 Å². The van der Waals surface area contributed by atoms with Crippen LogP contribution in [-0.4, -0.2) is 69.6 Å². The predicted octanol–water partition coefficient (Wildman–Crippen LogP) is -0.912. The van der Waals surface area contributed by atoms with Crippen LogP contribution in [0, 0.1) is 0 Å². The van der Waals surface area contributed by atoms with Gasteiger partial charge in [-0.3, -0.25) is 4.79 Å². The molecule has 1 aliphatic rings. The van der Waals surface area contributed by atoms with Gasteiger partial charge in [0.2, 0.25) is 15.9 Å². The van der Waals surface area contributed by atoms with E-state index >= 15 is 0 Å². The third kappa shape index (κ3) is 3.65. The van der Waals surface area contributed by atoms with Crippen molar-refractivity contribution in [3.8, 4) is 0 Å². The van der Waals surface area contributed by atoms with Gasteiger partial charge in [0, 0.05) is 27.2 Å². The molecule has 0 aliphatic carbocycles. The molecular weight excluding hydrogens is 242 g/mol. The molecule has 1 aliphatic heterocycles. The van der Waals surface area contributed by atoms with Crippen LogP contribution < -0.4 is 5.32 Å². The maximum absolute atomic E-state index is 11.9. The van der Waals surface area contributed by atoms with Crippen LogP contribution in [0.3, 0.4) is 0 Å². The number of amides is 1. The summed E-state index contributed by atoms with van der Waals surface area (Å²) < 4.78 is 24.4. The van der Waals surface area contributed by atoms with E-state index in [9.17, 15) is 13.2 Å². The van der Waals surface area contributed by atoms with Gasteiger partial charge in [-0.15, -0.1) is 0 Å². The molecule has 1 fully saturated rings. The summed E-state index contributed by atoms with van der Waals surface area (Å²) in [5.74, 6) is -0.00460. The molecule has 0 aromatic heterocycles. The standard InChI is InChI=1S/C10H21N3O3S/c1-11-9-5-4-6-13(10(9)14)7-8-17(15,16)12(2)3/h9,11H,4-8H2,1-3H3. The lowest BCUT2D eigenvalue weighted by Gasteiger charge is -2.32. The number of sulfonamides is 1. The average Bonchev–Trinajstić information content (AvgIpc) is 2.27. The minimum atomic E-state index is -3.23. The third-order valence-corrected chi connectivity index (χ3v) is 4.87. The van der Waals surface area contributed by atoms with Crippen molar-refractivity contribution in [2.45, 2.75) is 18.9 Å². The fourth-order valence-electron chi connectivity index (χ4n) is 1.84. The van der Waals surface area contributed by atoms with Gasteiger partial charge in [0.05, 0.1) is 11.8 Å². The predicted molar refractivity (Wildman–Crippen MR) is 66.1 cm³/mol. The Morgan fingerprint density at radius 1 is 1.47 bits per heavy atom. The van der Waals surface area contributed by atoms with E-state index in [-0.39, 0.29) is 24.2 Å². The maximum atomic E-state index is 11.9. The lowest BCUT2D eigenvalue weighted by atomic mass is 10.1. The highest BCUT2D eigenvalue weighted by atomic mass is 32.2. The molecule has 0 bridgehead atoms. The molecule has 0 aromatic carbocycles. The molecule has 1 unspecified atom stereocenters. The molecule has 100 valence electrons. The van der Waals surface area contributed by atoms with Crippen LogP contribution in [0.1, 0.15) is 12.8 Å². The number of hydrogen-bond acceptors (Lipinski definition) is 4. The van der Waals surface area contributed by atoms with Gasteiger partial charge in [-0.2, -0.15) is 0 Å². The molecule has 0 radical (unpaired) electrons. The zero-order valence-electron chi connectivity index (χ0n) is 10.6. The second-order valence-corrected chi connectivity index (χ2v) is 6.71. The van der Waals surface area contributed by atoms with Gasteiger partial charge in [0.25, 0.3) is 0 Å². The molecular formula is C10H21N3O3S. The highest BCUT2D eigenvalue weighted by Gasteiger charge is 2.28. The molecule has 1 rings (SSSR count). The van der Waals surface area contributed by atoms with Crippen molar-refractivity contribution in [3.05, 3.63) is 0 Å². The third-order valence-electron chi connectivity index (χ3n) is 3.05. The van der Waals surface area contributed by atoms with Crippen LogP contribution in [0.2, 0.25) is 0 Å². The summed E-state index contributed by atoms with van der Waals surface area (Å²) in [5, 5.41) is 2.95. The number of hydrogen-bond donors (Lipinski definition) is 1. The second kappa shape index (κ2) is 5.79. The smallest absolute Gasteiger partial charge is 0.239 e. The van der Waals surface area contributed by atoms with E-state index in [1.165, 1.54) is 18.4 Å². The molecule has 0 aromatic rings. The zero-order chi connectivity index (χ0) is 13.1. The van der Waals surface area contributed by atoms with Crippen molar-refractivity contribution in [2.75, 3.05) is 40.0 Å². The van der Waals surface area contributed by atoms with Gasteiger partial charge >= 0.3 is 0 Å². The quantitative estimate of drug-likeness (QED) is 0.697. The van der Waals surface area contributed by atoms with E-state index in [2.05, 4.69) is 5.32 Å². The van der Waals surface area contributed by atoms with Crippen LogP contribution in [0.15, 0.2) is 0 Å². The van der Waals surface area contributed by atoms with Crippen LogP contribution in [0.5, 0.6) is 0 Å². The van der Waals surface area contributed by atoms with E-state index in [1.54, 1.807) is 11.9 Å². The van der Waals surface area contributed by atoms with Crippen molar-refractivity contribution < 1.29 is 13.2 Å². The number of nitrogens with one attached hydrogen (secondary N) is 1. The van der Waals surface area contributed by atoms with Crippen molar-refractivity contribution >= 4 is 15.9 Å². The van der Waals surface area contributed by atoms with Gasteiger partial charge in [0.15, 0.2) is 0 Å². The lowest BCUT2D eigenvalue weighted by molar-refractivity contribution is -0.135. The Morgan fingerprint density at radius 2 is 2.12 bits per heavy atom. The molecule has 6 nitrogen and oxygen atoms in total. The second-order valence-electron chi connectivity index (χ2n) is 4.41. The van der Waals surface area contributed by atoms with E-state index in [0.29, 0.717) is 6.54 Å². The largest absolute Gasteiger partial charge is 0.340 e. The fraction of sp³-hybridized carbons (Fsp3) is 0.900. The molecule has 1 atom stereocenters. The van der Waals surface area contributed by atoms with E-state index in [4.69, 9.17) is 0 Å². The number of likely N-dealkylation sites (N-methyl/N-ethyl adjacent to an activating group) is 1. The van der Waals surface area contributed by atoms with Gasteiger partial charge in [-0.05, 0) is 19.9 Å².